The van der Waals surface area contributed by atoms with Crippen molar-refractivity contribution >= 4 is 50.7 Å². The van der Waals surface area contributed by atoms with Gasteiger partial charge in [0.05, 0.1) is 28.3 Å². The molecule has 0 spiro atoms. The van der Waals surface area contributed by atoms with E-state index in [9.17, 15) is 22.8 Å². The summed E-state index contributed by atoms with van der Waals surface area (Å²) in [7, 11) is 0. The average Bonchev–Trinajstić information content (AvgIpc) is 3.43. The van der Waals surface area contributed by atoms with Crippen LogP contribution in [0.15, 0.2) is 12.3 Å². The summed E-state index contributed by atoms with van der Waals surface area (Å²) in [6.07, 6.45) is -3.30. The fourth-order valence-corrected chi connectivity index (χ4v) is 5.07. The Morgan fingerprint density at radius 1 is 1.17 bits per heavy atom. The lowest BCUT2D eigenvalue weighted by molar-refractivity contribution is -0.140. The summed E-state index contributed by atoms with van der Waals surface area (Å²) in [4.78, 5) is 28.8. The Balaban J connectivity index is 1.91. The van der Waals surface area contributed by atoms with E-state index in [0.717, 1.165) is 6.07 Å². The van der Waals surface area contributed by atoms with E-state index in [2.05, 4.69) is 20.5 Å². The van der Waals surface area contributed by atoms with Gasteiger partial charge in [-0.3, -0.25) is 19.0 Å². The van der Waals surface area contributed by atoms with Crippen molar-refractivity contribution in [3.05, 3.63) is 44.9 Å². The molecule has 3 N–H and O–H groups in total. The summed E-state index contributed by atoms with van der Waals surface area (Å²) >= 11 is 6.83. The normalized spacial score (nSPS) is 11.9. The lowest BCUT2D eigenvalue weighted by Gasteiger charge is -2.12. The zero-order chi connectivity index (χ0) is 26.5. The molecule has 0 fully saturated rings. The minimum absolute atomic E-state index is 0.0139. The number of nitrogens with one attached hydrogen (secondary N) is 1. The summed E-state index contributed by atoms with van der Waals surface area (Å²) in [5.74, 6) is -1.49. The fourth-order valence-electron chi connectivity index (χ4n) is 3.92. The molecule has 0 aliphatic heterocycles. The SMILES string of the molecule is CCn1ncc(-c2cc(C(F)(F)F)nc3sc(C(N)=O)c(NC(=O)Cn4nc(C)c(Cl)c4C)c23)c1C. The molecule has 190 valence electrons. The van der Waals surface area contributed by atoms with E-state index in [1.807, 2.05) is 6.92 Å². The number of fused-ring (bicyclic) bond motifs is 1. The van der Waals surface area contributed by atoms with Crippen molar-refractivity contribution < 1.29 is 22.8 Å². The zero-order valence-electron chi connectivity index (χ0n) is 19.6. The molecule has 0 saturated heterocycles. The van der Waals surface area contributed by atoms with E-state index >= 15 is 0 Å². The Kier molecular flexibility index (Phi) is 6.56. The minimum Gasteiger partial charge on any atom is -0.365 e. The van der Waals surface area contributed by atoms with E-state index in [0.29, 0.717) is 45.5 Å². The van der Waals surface area contributed by atoms with E-state index in [4.69, 9.17) is 17.3 Å². The van der Waals surface area contributed by atoms with Crippen LogP contribution in [0.3, 0.4) is 0 Å². The first kappa shape index (κ1) is 25.6. The van der Waals surface area contributed by atoms with Crippen LogP contribution in [0.25, 0.3) is 21.3 Å². The number of halogens is 4. The number of aromatic nitrogens is 5. The summed E-state index contributed by atoms with van der Waals surface area (Å²) in [6, 6.07) is 0.889. The van der Waals surface area contributed by atoms with Gasteiger partial charge in [0.2, 0.25) is 5.91 Å². The van der Waals surface area contributed by atoms with Crippen LogP contribution in [-0.2, 0) is 24.1 Å². The van der Waals surface area contributed by atoms with E-state index < -0.39 is 23.7 Å². The third kappa shape index (κ3) is 4.44. The fraction of sp³-hybridized carbons (Fsp3) is 0.318. The van der Waals surface area contributed by atoms with Crippen LogP contribution >= 0.6 is 22.9 Å². The monoisotopic (exact) mass is 539 g/mol. The molecule has 4 heterocycles. The molecule has 0 aliphatic rings. The predicted molar refractivity (Wildman–Crippen MR) is 130 cm³/mol. The number of amides is 2. The van der Waals surface area contributed by atoms with Gasteiger partial charge in [-0.05, 0) is 39.3 Å². The number of hydrogen-bond donors (Lipinski definition) is 2. The van der Waals surface area contributed by atoms with Gasteiger partial charge in [-0.25, -0.2) is 4.98 Å². The number of pyridine rings is 1. The number of hydrogen-bond acceptors (Lipinski definition) is 6. The molecule has 14 heteroatoms. The molecule has 0 aromatic carbocycles. The van der Waals surface area contributed by atoms with Gasteiger partial charge in [-0.1, -0.05) is 11.6 Å². The number of nitrogens with two attached hydrogens (primary N) is 1. The van der Waals surface area contributed by atoms with Crippen molar-refractivity contribution in [1.82, 2.24) is 24.5 Å². The highest BCUT2D eigenvalue weighted by atomic mass is 35.5. The molecule has 2 amide bonds. The first-order chi connectivity index (χ1) is 16.8. The molecule has 0 saturated carbocycles. The van der Waals surface area contributed by atoms with Crippen molar-refractivity contribution in [3.63, 3.8) is 0 Å². The number of anilines is 1. The maximum atomic E-state index is 13.7. The Labute approximate surface area is 212 Å². The van der Waals surface area contributed by atoms with Gasteiger partial charge in [-0.2, -0.15) is 23.4 Å². The van der Waals surface area contributed by atoms with Gasteiger partial charge in [0.15, 0.2) is 0 Å². The first-order valence-electron chi connectivity index (χ1n) is 10.7. The molecule has 36 heavy (non-hydrogen) atoms. The van der Waals surface area contributed by atoms with Crippen molar-refractivity contribution in [2.75, 3.05) is 5.32 Å². The van der Waals surface area contributed by atoms with E-state index in [1.54, 1.807) is 25.5 Å². The van der Waals surface area contributed by atoms with Crippen molar-refractivity contribution in [2.24, 2.45) is 5.73 Å². The highest BCUT2D eigenvalue weighted by molar-refractivity contribution is 7.21. The molecule has 0 unspecified atom stereocenters. The largest absolute Gasteiger partial charge is 0.433 e. The Bertz CT molecular complexity index is 1520. The van der Waals surface area contributed by atoms with Gasteiger partial charge < -0.3 is 11.1 Å². The van der Waals surface area contributed by atoms with Gasteiger partial charge in [0.1, 0.15) is 21.9 Å². The second-order valence-corrected chi connectivity index (χ2v) is 9.43. The molecule has 4 rings (SSSR count). The Hall–Kier alpha value is -3.45. The summed E-state index contributed by atoms with van der Waals surface area (Å²) in [6.45, 7) is 7.20. The molecule has 0 radical (unpaired) electrons. The number of thiophene rings is 1. The van der Waals surface area contributed by atoms with Crippen LogP contribution in [0.4, 0.5) is 18.9 Å². The van der Waals surface area contributed by atoms with E-state index in [-0.39, 0.29) is 32.9 Å². The van der Waals surface area contributed by atoms with Crippen LogP contribution in [0.1, 0.15) is 39.4 Å². The van der Waals surface area contributed by atoms with Gasteiger partial charge >= 0.3 is 6.18 Å². The molecule has 4 aromatic heterocycles. The van der Waals surface area contributed by atoms with Gasteiger partial charge in [0, 0.05) is 23.2 Å². The molecule has 4 aromatic rings. The zero-order valence-corrected chi connectivity index (χ0v) is 21.2. The first-order valence-corrected chi connectivity index (χ1v) is 11.9. The molecule has 9 nitrogen and oxygen atoms in total. The quantitative estimate of drug-likeness (QED) is 0.367. The van der Waals surface area contributed by atoms with Crippen LogP contribution in [0.2, 0.25) is 5.02 Å². The second-order valence-electron chi connectivity index (χ2n) is 8.05. The Morgan fingerprint density at radius 2 is 1.86 bits per heavy atom. The molecule has 0 aliphatic carbocycles. The number of alkyl halides is 3. The number of carbonyl (C=O) groups is 2. The second kappa shape index (κ2) is 9.21. The summed E-state index contributed by atoms with van der Waals surface area (Å²) < 4.78 is 44.2. The lowest BCUT2D eigenvalue weighted by Crippen LogP contribution is -2.22. The van der Waals surface area contributed by atoms with Gasteiger partial charge in [-0.15, -0.1) is 11.3 Å². The number of primary amides is 1. The third-order valence-corrected chi connectivity index (χ3v) is 7.37. The lowest BCUT2D eigenvalue weighted by atomic mass is 10.0. The minimum atomic E-state index is -4.74. The standard InChI is InChI=1S/C22H21ClF3N7O2S/c1-5-32-10(3)13(7-28-32)12-6-14(22(24,25)26)29-21-16(12)18(19(36-21)20(27)35)30-15(34)8-33-11(4)17(23)9(2)31-33/h6-7H,5,8H2,1-4H3,(H2,27,35)(H,30,34). The smallest absolute Gasteiger partial charge is 0.365 e. The Morgan fingerprint density at radius 3 is 2.39 bits per heavy atom. The third-order valence-electron chi connectivity index (χ3n) is 5.72. The van der Waals surface area contributed by atoms with Crippen molar-refractivity contribution in [1.29, 1.82) is 0 Å². The number of rotatable bonds is 6. The number of carbonyl (C=O) groups excluding carboxylic acids is 2. The van der Waals surface area contributed by atoms with Crippen LogP contribution in [-0.4, -0.2) is 36.4 Å². The number of aryl methyl sites for hydroxylation is 2. The van der Waals surface area contributed by atoms with Crippen LogP contribution in [0.5, 0.6) is 0 Å². The highest BCUT2D eigenvalue weighted by Crippen LogP contribution is 2.44. The summed E-state index contributed by atoms with van der Waals surface area (Å²) in [5, 5.41) is 11.7. The molecular formula is C22H21ClF3N7O2S. The van der Waals surface area contributed by atoms with Crippen molar-refractivity contribution in [2.45, 2.75) is 47.0 Å². The summed E-state index contributed by atoms with van der Waals surface area (Å²) in [5.41, 5.74) is 6.63. The van der Waals surface area contributed by atoms with E-state index in [1.165, 1.54) is 10.9 Å². The van der Waals surface area contributed by atoms with Crippen molar-refractivity contribution in [3.8, 4) is 11.1 Å². The maximum Gasteiger partial charge on any atom is 0.433 e. The molecular weight excluding hydrogens is 519 g/mol. The highest BCUT2D eigenvalue weighted by Gasteiger charge is 2.35. The predicted octanol–water partition coefficient (Wildman–Crippen LogP) is 4.71. The molecule has 0 bridgehead atoms. The maximum absolute atomic E-state index is 13.7. The topological polar surface area (TPSA) is 121 Å². The molecule has 0 atom stereocenters. The average molecular weight is 540 g/mol. The van der Waals surface area contributed by atoms with Gasteiger partial charge in [0.25, 0.3) is 5.91 Å². The number of nitrogens with zero attached hydrogens (tertiary/aromatic N) is 5. The van der Waals surface area contributed by atoms with Crippen LogP contribution in [0, 0.1) is 20.8 Å². The van der Waals surface area contributed by atoms with Crippen LogP contribution < -0.4 is 11.1 Å².